The van der Waals surface area contributed by atoms with Crippen LogP contribution in [0, 0.1) is 18.6 Å². The van der Waals surface area contributed by atoms with Crippen molar-refractivity contribution in [2.75, 3.05) is 5.32 Å². The summed E-state index contributed by atoms with van der Waals surface area (Å²) in [5.74, 6) is -0.223. The van der Waals surface area contributed by atoms with Crippen molar-refractivity contribution in [1.82, 2.24) is 9.97 Å². The molecule has 2 aromatic rings. The van der Waals surface area contributed by atoms with Crippen LogP contribution in [0.4, 0.5) is 20.3 Å². The van der Waals surface area contributed by atoms with E-state index in [2.05, 4.69) is 47.1 Å². The minimum absolute atomic E-state index is 0.0145. The average Bonchev–Trinajstić information content (AvgIpc) is 2.24. The second kappa shape index (κ2) is 5.27. The maximum atomic E-state index is 13.6. The molecule has 0 aliphatic carbocycles. The molecule has 0 amide bonds. The molecule has 3 nitrogen and oxygen atoms in total. The predicted octanol–water partition coefficient (Wildman–Crippen LogP) is 4.33. The largest absolute Gasteiger partial charge is 0.338 e. The predicted molar refractivity (Wildman–Crippen MR) is 71.8 cm³/mol. The topological polar surface area (TPSA) is 37.8 Å². The van der Waals surface area contributed by atoms with Gasteiger partial charge in [-0.2, -0.15) is 0 Å². The van der Waals surface area contributed by atoms with E-state index in [0.717, 1.165) is 12.1 Å². The highest BCUT2D eigenvalue weighted by Crippen LogP contribution is 2.26. The van der Waals surface area contributed by atoms with E-state index in [-0.39, 0.29) is 10.2 Å². The van der Waals surface area contributed by atoms with Gasteiger partial charge in [0.2, 0.25) is 0 Å². The summed E-state index contributed by atoms with van der Waals surface area (Å²) in [5.41, 5.74) is 0.0145. The van der Waals surface area contributed by atoms with Crippen molar-refractivity contribution in [2.45, 2.75) is 6.92 Å². The fraction of sp³-hybridized carbons (Fsp3) is 0.0909. The Morgan fingerprint density at radius 2 is 1.78 bits per heavy atom. The van der Waals surface area contributed by atoms with Gasteiger partial charge >= 0.3 is 0 Å². The number of halogens is 4. The molecule has 0 fully saturated rings. The number of aryl methyl sites for hydroxylation is 1. The van der Waals surface area contributed by atoms with Gasteiger partial charge < -0.3 is 5.32 Å². The minimum Gasteiger partial charge on any atom is -0.338 e. The molecule has 0 saturated carbocycles. The molecule has 1 aromatic heterocycles. The van der Waals surface area contributed by atoms with Crippen LogP contribution in [0.2, 0.25) is 0 Å². The monoisotopic (exact) mass is 377 g/mol. The van der Waals surface area contributed by atoms with Gasteiger partial charge in [-0.25, -0.2) is 18.7 Å². The molecular formula is C11H7Br2F2N3. The lowest BCUT2D eigenvalue weighted by atomic mass is 10.3. The van der Waals surface area contributed by atoms with Crippen LogP contribution in [0.5, 0.6) is 0 Å². The summed E-state index contributed by atoms with van der Waals surface area (Å²) in [4.78, 5) is 8.09. The second-order valence-electron chi connectivity index (χ2n) is 3.49. The zero-order valence-corrected chi connectivity index (χ0v) is 12.3. The van der Waals surface area contributed by atoms with Crippen LogP contribution in [0.25, 0.3) is 0 Å². The molecular weight excluding hydrogens is 372 g/mol. The Morgan fingerprint density at radius 3 is 2.44 bits per heavy atom. The van der Waals surface area contributed by atoms with Crippen molar-refractivity contribution in [1.29, 1.82) is 0 Å². The van der Waals surface area contributed by atoms with Crippen molar-refractivity contribution in [3.8, 4) is 0 Å². The zero-order chi connectivity index (χ0) is 13.3. The minimum atomic E-state index is -0.573. The number of anilines is 2. The van der Waals surface area contributed by atoms with E-state index in [1.807, 2.05) is 0 Å². The molecule has 1 N–H and O–H groups in total. The van der Waals surface area contributed by atoms with E-state index in [0.29, 0.717) is 16.2 Å². The first-order valence-corrected chi connectivity index (χ1v) is 6.47. The number of nitrogens with zero attached hydrogens (tertiary/aromatic N) is 2. The first-order valence-electron chi connectivity index (χ1n) is 4.88. The van der Waals surface area contributed by atoms with Crippen molar-refractivity contribution >= 4 is 43.4 Å². The Hall–Kier alpha value is -1.08. The van der Waals surface area contributed by atoms with E-state index in [9.17, 15) is 8.78 Å². The van der Waals surface area contributed by atoms with Crippen molar-refractivity contribution < 1.29 is 8.78 Å². The second-order valence-corrected chi connectivity index (χ2v) is 5.16. The van der Waals surface area contributed by atoms with E-state index in [1.54, 1.807) is 13.0 Å². The van der Waals surface area contributed by atoms with Crippen LogP contribution in [-0.4, -0.2) is 9.97 Å². The summed E-state index contributed by atoms with van der Waals surface area (Å²) in [7, 11) is 0. The van der Waals surface area contributed by atoms with Gasteiger partial charge in [0, 0.05) is 12.1 Å². The molecule has 18 heavy (non-hydrogen) atoms. The van der Waals surface area contributed by atoms with Gasteiger partial charge in [0.05, 0.1) is 10.2 Å². The van der Waals surface area contributed by atoms with E-state index >= 15 is 0 Å². The van der Waals surface area contributed by atoms with Gasteiger partial charge in [0.1, 0.15) is 27.9 Å². The lowest BCUT2D eigenvalue weighted by Crippen LogP contribution is -2.00. The van der Waals surface area contributed by atoms with Gasteiger partial charge in [-0.05, 0) is 44.8 Å². The standard InChI is InChI=1S/C11H7Br2F2N3/c1-5-16-10(13)4-11(17-5)18-9-3-7(14)6(12)2-8(9)15/h2-4H,1H3,(H,16,17,18). The third-order valence-corrected chi connectivity index (χ3v) is 3.09. The molecule has 0 aliphatic heterocycles. The highest BCUT2D eigenvalue weighted by Gasteiger charge is 2.09. The summed E-state index contributed by atoms with van der Waals surface area (Å²) in [6, 6.07) is 3.69. The fourth-order valence-electron chi connectivity index (χ4n) is 1.35. The quantitative estimate of drug-likeness (QED) is 0.624. The van der Waals surface area contributed by atoms with Crippen LogP contribution in [0.1, 0.15) is 5.82 Å². The molecule has 1 heterocycles. The van der Waals surface area contributed by atoms with Crippen molar-refractivity contribution in [3.63, 3.8) is 0 Å². The summed E-state index contributed by atoms with van der Waals surface area (Å²) < 4.78 is 27.6. The van der Waals surface area contributed by atoms with Crippen molar-refractivity contribution in [2.24, 2.45) is 0 Å². The first kappa shape index (κ1) is 13.4. The van der Waals surface area contributed by atoms with Crippen LogP contribution >= 0.6 is 31.9 Å². The highest BCUT2D eigenvalue weighted by molar-refractivity contribution is 9.10. The van der Waals surface area contributed by atoms with Crippen LogP contribution in [0.3, 0.4) is 0 Å². The SMILES string of the molecule is Cc1nc(Br)cc(Nc2cc(F)c(Br)cc2F)n1. The maximum Gasteiger partial charge on any atom is 0.148 e. The molecule has 0 aliphatic rings. The third-order valence-electron chi connectivity index (χ3n) is 2.08. The number of nitrogens with one attached hydrogen (secondary N) is 1. The Balaban J connectivity index is 2.36. The highest BCUT2D eigenvalue weighted by atomic mass is 79.9. The summed E-state index contributed by atoms with van der Waals surface area (Å²) in [5, 5.41) is 2.70. The molecule has 7 heteroatoms. The summed E-state index contributed by atoms with van der Waals surface area (Å²) >= 11 is 6.12. The van der Waals surface area contributed by atoms with Crippen LogP contribution < -0.4 is 5.32 Å². The molecule has 0 saturated heterocycles. The molecule has 0 atom stereocenters. The molecule has 0 bridgehead atoms. The summed E-state index contributed by atoms with van der Waals surface area (Å²) in [6.07, 6.45) is 0. The summed E-state index contributed by atoms with van der Waals surface area (Å²) in [6.45, 7) is 1.70. The lowest BCUT2D eigenvalue weighted by Gasteiger charge is -2.08. The van der Waals surface area contributed by atoms with Crippen LogP contribution in [0.15, 0.2) is 27.3 Å². The zero-order valence-electron chi connectivity index (χ0n) is 9.14. The van der Waals surface area contributed by atoms with Gasteiger partial charge in [-0.1, -0.05) is 0 Å². The molecule has 1 aromatic carbocycles. The molecule has 0 radical (unpaired) electrons. The lowest BCUT2D eigenvalue weighted by molar-refractivity contribution is 0.597. The smallest absolute Gasteiger partial charge is 0.148 e. The third kappa shape index (κ3) is 3.02. The molecule has 0 unspecified atom stereocenters. The Labute approximate surface area is 119 Å². The van der Waals surface area contributed by atoms with Crippen LogP contribution in [-0.2, 0) is 0 Å². The Kier molecular flexibility index (Phi) is 3.91. The Bertz CT molecular complexity index is 585. The number of aromatic nitrogens is 2. The average molecular weight is 379 g/mol. The number of hydrogen-bond acceptors (Lipinski definition) is 3. The maximum absolute atomic E-state index is 13.6. The number of rotatable bonds is 2. The first-order chi connectivity index (χ1) is 8.45. The van der Waals surface area contributed by atoms with Gasteiger partial charge in [-0.3, -0.25) is 0 Å². The van der Waals surface area contributed by atoms with Gasteiger partial charge in [0.25, 0.3) is 0 Å². The van der Waals surface area contributed by atoms with Gasteiger partial charge in [0.15, 0.2) is 0 Å². The fourth-order valence-corrected chi connectivity index (χ4v) is 2.14. The van der Waals surface area contributed by atoms with Crippen molar-refractivity contribution in [3.05, 3.63) is 44.7 Å². The number of hydrogen-bond donors (Lipinski definition) is 1. The molecule has 94 valence electrons. The van der Waals surface area contributed by atoms with E-state index in [1.165, 1.54) is 0 Å². The Morgan fingerprint density at radius 1 is 1.06 bits per heavy atom. The number of benzene rings is 1. The molecule has 2 rings (SSSR count). The normalized spacial score (nSPS) is 10.5. The van der Waals surface area contributed by atoms with E-state index in [4.69, 9.17) is 0 Å². The van der Waals surface area contributed by atoms with Gasteiger partial charge in [-0.15, -0.1) is 0 Å². The molecule has 0 spiro atoms. The van der Waals surface area contributed by atoms with E-state index < -0.39 is 11.6 Å².